The van der Waals surface area contributed by atoms with Crippen LogP contribution in [0.25, 0.3) is 0 Å². The molecule has 0 fully saturated rings. The van der Waals surface area contributed by atoms with Crippen molar-refractivity contribution in [3.05, 3.63) is 23.5 Å². The molecule has 0 atom stereocenters. The third-order valence-electron chi connectivity index (χ3n) is 3.17. The maximum atomic E-state index is 12.1. The number of ketones is 1. The molecular formula is C15H21NO3. The Labute approximate surface area is 113 Å². The van der Waals surface area contributed by atoms with Crippen LogP contribution >= 0.6 is 0 Å². The van der Waals surface area contributed by atoms with Crippen molar-refractivity contribution < 1.29 is 14.3 Å². The van der Waals surface area contributed by atoms with Gasteiger partial charge < -0.3 is 4.74 Å². The Kier molecular flexibility index (Phi) is 3.07. The van der Waals surface area contributed by atoms with Gasteiger partial charge in [-0.25, -0.2) is 4.79 Å². The van der Waals surface area contributed by atoms with Gasteiger partial charge in [-0.2, -0.15) is 0 Å². The molecule has 0 aromatic carbocycles. The summed E-state index contributed by atoms with van der Waals surface area (Å²) >= 11 is 0. The minimum atomic E-state index is -0.539. The molecule has 0 N–H and O–H groups in total. The van der Waals surface area contributed by atoms with Gasteiger partial charge in [0.1, 0.15) is 5.60 Å². The fourth-order valence-corrected chi connectivity index (χ4v) is 2.43. The monoisotopic (exact) mass is 263 g/mol. The summed E-state index contributed by atoms with van der Waals surface area (Å²) in [7, 11) is 0. The Hall–Kier alpha value is -1.58. The molecule has 1 aliphatic carbocycles. The maximum Gasteiger partial charge on any atom is 0.418 e. The lowest BCUT2D eigenvalue weighted by Gasteiger charge is -2.29. The van der Waals surface area contributed by atoms with E-state index in [1.165, 1.54) is 4.57 Å². The van der Waals surface area contributed by atoms with Crippen LogP contribution in [0, 0.1) is 5.41 Å². The summed E-state index contributed by atoms with van der Waals surface area (Å²) in [6, 6.07) is 1.72. The number of hydrogen-bond donors (Lipinski definition) is 0. The van der Waals surface area contributed by atoms with E-state index in [1.807, 2.05) is 34.6 Å². The molecule has 2 rings (SSSR count). The zero-order valence-corrected chi connectivity index (χ0v) is 12.2. The minimum absolute atomic E-state index is 0.105. The molecule has 0 amide bonds. The van der Waals surface area contributed by atoms with Crippen LogP contribution in [-0.4, -0.2) is 22.0 Å². The number of Topliss-reactive ketones (excluding diaryl/α,β-unsaturated/α-hetero) is 1. The van der Waals surface area contributed by atoms with Gasteiger partial charge in [-0.15, -0.1) is 0 Å². The Morgan fingerprint density at radius 2 is 1.95 bits per heavy atom. The first-order valence-corrected chi connectivity index (χ1v) is 6.56. The first-order chi connectivity index (χ1) is 8.59. The van der Waals surface area contributed by atoms with Crippen molar-refractivity contribution in [2.75, 3.05) is 0 Å². The molecule has 0 spiro atoms. The number of aromatic nitrogens is 1. The summed E-state index contributed by atoms with van der Waals surface area (Å²) in [5, 5.41) is 0. The third-order valence-corrected chi connectivity index (χ3v) is 3.17. The number of carbonyl (C=O) groups excluding carboxylic acids is 2. The van der Waals surface area contributed by atoms with Crippen molar-refractivity contribution in [1.29, 1.82) is 0 Å². The highest BCUT2D eigenvalue weighted by atomic mass is 16.6. The molecule has 0 radical (unpaired) electrons. The molecule has 0 aliphatic heterocycles. The Bertz CT molecular complexity index is 532. The van der Waals surface area contributed by atoms with E-state index in [4.69, 9.17) is 4.74 Å². The van der Waals surface area contributed by atoms with Gasteiger partial charge in [0, 0.05) is 23.9 Å². The van der Waals surface area contributed by atoms with Crippen molar-refractivity contribution in [2.24, 2.45) is 5.41 Å². The van der Waals surface area contributed by atoms with Gasteiger partial charge in [0.15, 0.2) is 5.78 Å². The van der Waals surface area contributed by atoms with Gasteiger partial charge in [-0.05, 0) is 38.7 Å². The molecule has 0 saturated heterocycles. The average Bonchev–Trinajstić information content (AvgIpc) is 2.56. The molecule has 0 saturated carbocycles. The Morgan fingerprint density at radius 3 is 2.53 bits per heavy atom. The van der Waals surface area contributed by atoms with Crippen LogP contribution in [0.3, 0.4) is 0 Å². The van der Waals surface area contributed by atoms with Crippen molar-refractivity contribution >= 4 is 11.9 Å². The predicted molar refractivity (Wildman–Crippen MR) is 72.5 cm³/mol. The number of hydrogen-bond acceptors (Lipinski definition) is 3. The second-order valence-electron chi connectivity index (χ2n) is 6.97. The number of ether oxygens (including phenoxy) is 1. The highest BCUT2D eigenvalue weighted by Crippen LogP contribution is 2.35. The normalized spacial score (nSPS) is 18.1. The largest absolute Gasteiger partial charge is 0.443 e. The third kappa shape index (κ3) is 2.88. The zero-order valence-electron chi connectivity index (χ0n) is 12.2. The standard InChI is InChI=1S/C15H21NO3/c1-14(2,3)19-13(18)16-7-6-10-11(16)8-15(4,5)9-12(10)17/h6-7H,8-9H2,1-5H3. The first-order valence-electron chi connectivity index (χ1n) is 6.56. The quantitative estimate of drug-likeness (QED) is 0.720. The Balaban J connectivity index is 2.36. The van der Waals surface area contributed by atoms with E-state index in [-0.39, 0.29) is 11.2 Å². The van der Waals surface area contributed by atoms with Crippen LogP contribution in [-0.2, 0) is 11.2 Å². The highest BCUT2D eigenvalue weighted by Gasteiger charge is 2.34. The lowest BCUT2D eigenvalue weighted by atomic mass is 9.76. The SMILES string of the molecule is CC1(C)CC(=O)c2ccn(C(=O)OC(C)(C)C)c2C1. The zero-order chi connectivity index (χ0) is 14.4. The second kappa shape index (κ2) is 4.22. The van der Waals surface area contributed by atoms with Crippen LogP contribution in [0.2, 0.25) is 0 Å². The molecule has 0 bridgehead atoms. The molecular weight excluding hydrogens is 242 g/mol. The van der Waals surface area contributed by atoms with E-state index in [0.29, 0.717) is 18.4 Å². The van der Waals surface area contributed by atoms with Gasteiger partial charge in [-0.1, -0.05) is 13.8 Å². The van der Waals surface area contributed by atoms with Gasteiger partial charge in [-0.3, -0.25) is 9.36 Å². The van der Waals surface area contributed by atoms with Crippen molar-refractivity contribution in [3.63, 3.8) is 0 Å². The molecule has 1 aromatic heterocycles. The van der Waals surface area contributed by atoms with Gasteiger partial charge in [0.25, 0.3) is 0 Å². The molecule has 19 heavy (non-hydrogen) atoms. The number of fused-ring (bicyclic) bond motifs is 1. The van der Waals surface area contributed by atoms with Gasteiger partial charge in [0.05, 0.1) is 0 Å². The Morgan fingerprint density at radius 1 is 1.32 bits per heavy atom. The van der Waals surface area contributed by atoms with Gasteiger partial charge in [0.2, 0.25) is 0 Å². The van der Waals surface area contributed by atoms with E-state index in [0.717, 1.165) is 5.69 Å². The van der Waals surface area contributed by atoms with E-state index in [1.54, 1.807) is 12.3 Å². The molecule has 0 unspecified atom stereocenters. The van der Waals surface area contributed by atoms with E-state index < -0.39 is 11.7 Å². The van der Waals surface area contributed by atoms with E-state index >= 15 is 0 Å². The van der Waals surface area contributed by atoms with E-state index in [9.17, 15) is 9.59 Å². The fourth-order valence-electron chi connectivity index (χ4n) is 2.43. The first kappa shape index (κ1) is 13.8. The topological polar surface area (TPSA) is 48.3 Å². The smallest absolute Gasteiger partial charge is 0.418 e. The van der Waals surface area contributed by atoms with Gasteiger partial charge >= 0.3 is 6.09 Å². The molecule has 4 heteroatoms. The van der Waals surface area contributed by atoms with Crippen LogP contribution in [0.15, 0.2) is 12.3 Å². The molecule has 1 aliphatic rings. The molecule has 104 valence electrons. The van der Waals surface area contributed by atoms with Crippen LogP contribution < -0.4 is 0 Å². The van der Waals surface area contributed by atoms with E-state index in [2.05, 4.69) is 0 Å². The molecule has 1 aromatic rings. The average molecular weight is 263 g/mol. The summed E-state index contributed by atoms with van der Waals surface area (Å²) < 4.78 is 6.84. The summed E-state index contributed by atoms with van der Waals surface area (Å²) in [6.45, 7) is 9.57. The van der Waals surface area contributed by atoms with Crippen LogP contribution in [0.4, 0.5) is 4.79 Å². The highest BCUT2D eigenvalue weighted by molar-refractivity contribution is 5.99. The fraction of sp³-hybridized carbons (Fsp3) is 0.600. The molecule has 4 nitrogen and oxygen atoms in total. The summed E-state index contributed by atoms with van der Waals surface area (Å²) in [5.74, 6) is 0.105. The second-order valence-corrected chi connectivity index (χ2v) is 6.97. The van der Waals surface area contributed by atoms with Crippen molar-refractivity contribution in [2.45, 2.75) is 53.1 Å². The number of nitrogens with zero attached hydrogens (tertiary/aromatic N) is 1. The lowest BCUT2D eigenvalue weighted by molar-refractivity contribution is 0.0530. The minimum Gasteiger partial charge on any atom is -0.443 e. The van der Waals surface area contributed by atoms with Crippen LogP contribution in [0.1, 0.15) is 57.1 Å². The van der Waals surface area contributed by atoms with Crippen LogP contribution in [0.5, 0.6) is 0 Å². The number of rotatable bonds is 0. The summed E-state index contributed by atoms with van der Waals surface area (Å²) in [4.78, 5) is 24.2. The summed E-state index contributed by atoms with van der Waals surface area (Å²) in [6.07, 6.45) is 2.45. The maximum absolute atomic E-state index is 12.1. The van der Waals surface area contributed by atoms with Crippen molar-refractivity contribution in [3.8, 4) is 0 Å². The summed E-state index contributed by atoms with van der Waals surface area (Å²) in [5.41, 5.74) is 0.783. The predicted octanol–water partition coefficient (Wildman–Crippen LogP) is 3.43. The number of carbonyl (C=O) groups is 2. The van der Waals surface area contributed by atoms with Crippen molar-refractivity contribution in [1.82, 2.24) is 4.57 Å². The molecule has 1 heterocycles. The lowest BCUT2D eigenvalue weighted by Crippen LogP contribution is -2.32.